The Bertz CT molecular complexity index is 1200. The Morgan fingerprint density at radius 3 is 2.17 bits per heavy atom. The third kappa shape index (κ3) is 10.4. The molecule has 0 amide bonds. The minimum atomic E-state index is -5.46. The third-order valence-corrected chi connectivity index (χ3v) is 9.20. The van der Waals surface area contributed by atoms with Gasteiger partial charge in [-0.1, -0.05) is 20.8 Å². The van der Waals surface area contributed by atoms with Crippen molar-refractivity contribution in [3.63, 3.8) is 0 Å². The van der Waals surface area contributed by atoms with E-state index in [9.17, 15) is 43.8 Å². The van der Waals surface area contributed by atoms with Crippen molar-refractivity contribution in [3.8, 4) is 0 Å². The van der Waals surface area contributed by atoms with Crippen molar-refractivity contribution in [2.45, 2.75) is 83.6 Å². The fourth-order valence-electron chi connectivity index (χ4n) is 4.12. The number of aliphatic hydroxyl groups is 4. The molecule has 2 aliphatic heterocycles. The van der Waals surface area contributed by atoms with Gasteiger partial charge in [0, 0.05) is 11.8 Å². The van der Waals surface area contributed by atoms with Gasteiger partial charge in [-0.25, -0.2) is 13.9 Å². The van der Waals surface area contributed by atoms with Gasteiger partial charge in [-0.05, 0) is 39.4 Å². The Kier molecular flexibility index (Phi) is 14.1. The SMILES string of the molecule is CCN(CC)CC.Cc1cn([C@H]2CC[C@@H](COP(=O)(O)OP(=O)(O)O[C@H]3O[C@H](CO)[C@@H](O)[C@H](O)[C@H]3O)O2)c(=O)[nH]c1=O. The zero-order valence-corrected chi connectivity index (χ0v) is 25.5. The maximum absolute atomic E-state index is 12.2. The molecule has 3 heterocycles. The number of hydrogen-bond acceptors (Lipinski definition) is 14. The van der Waals surface area contributed by atoms with Crippen LogP contribution in [0.3, 0.4) is 0 Å². The van der Waals surface area contributed by atoms with Crippen LogP contribution in [0.1, 0.15) is 45.4 Å². The molecule has 20 heteroatoms. The molecule has 2 fully saturated rings. The normalized spacial score (nSPS) is 30.8. The predicted molar refractivity (Wildman–Crippen MR) is 144 cm³/mol. The van der Waals surface area contributed by atoms with Gasteiger partial charge in [0.05, 0.1) is 19.3 Å². The molecule has 9 atom stereocenters. The molecule has 18 nitrogen and oxygen atoms in total. The van der Waals surface area contributed by atoms with Crippen molar-refractivity contribution >= 4 is 15.6 Å². The Balaban J connectivity index is 0.000000782. The molecule has 0 aromatic carbocycles. The summed E-state index contributed by atoms with van der Waals surface area (Å²) < 4.78 is 49.2. The van der Waals surface area contributed by atoms with Crippen LogP contribution in [0.4, 0.5) is 0 Å². The molecule has 0 radical (unpaired) electrons. The van der Waals surface area contributed by atoms with Crippen LogP contribution >= 0.6 is 15.6 Å². The second-order valence-electron chi connectivity index (χ2n) is 9.51. The van der Waals surface area contributed by atoms with Crippen LogP contribution in [0.5, 0.6) is 0 Å². The van der Waals surface area contributed by atoms with Crippen molar-refractivity contribution in [2.24, 2.45) is 0 Å². The molecule has 244 valence electrons. The Labute approximate surface area is 241 Å². The van der Waals surface area contributed by atoms with Crippen molar-refractivity contribution in [1.82, 2.24) is 14.5 Å². The fourth-order valence-corrected chi connectivity index (χ4v) is 6.30. The first kappa shape index (κ1) is 36.8. The van der Waals surface area contributed by atoms with Gasteiger partial charge in [-0.3, -0.25) is 23.4 Å². The molecule has 3 rings (SSSR count). The Morgan fingerprint density at radius 1 is 1.00 bits per heavy atom. The maximum Gasteiger partial charge on any atom is 0.483 e. The number of H-pyrrole nitrogens is 1. The van der Waals surface area contributed by atoms with E-state index in [1.54, 1.807) is 0 Å². The molecule has 2 unspecified atom stereocenters. The van der Waals surface area contributed by atoms with Gasteiger partial charge in [0.1, 0.15) is 30.6 Å². The minimum Gasteiger partial charge on any atom is -0.394 e. The highest BCUT2D eigenvalue weighted by Gasteiger charge is 2.48. The van der Waals surface area contributed by atoms with Gasteiger partial charge >= 0.3 is 21.3 Å². The van der Waals surface area contributed by atoms with E-state index in [-0.39, 0.29) is 18.4 Å². The lowest BCUT2D eigenvalue weighted by atomic mass is 10.00. The molecule has 7 N–H and O–H groups in total. The molecule has 42 heavy (non-hydrogen) atoms. The molecule has 0 spiro atoms. The molecule has 1 aromatic heterocycles. The van der Waals surface area contributed by atoms with Gasteiger partial charge in [0.15, 0.2) is 6.29 Å². The Hall–Kier alpha value is -1.34. The van der Waals surface area contributed by atoms with Crippen LogP contribution in [-0.4, -0.2) is 114 Å². The zero-order valence-electron chi connectivity index (χ0n) is 23.7. The lowest BCUT2D eigenvalue weighted by Gasteiger charge is -2.39. The summed E-state index contributed by atoms with van der Waals surface area (Å²) in [5, 5.41) is 38.4. The number of phosphoric acid groups is 2. The smallest absolute Gasteiger partial charge is 0.394 e. The van der Waals surface area contributed by atoms with E-state index in [0.29, 0.717) is 0 Å². The maximum atomic E-state index is 12.2. The molecular formula is C22H41N3O15P2. The Morgan fingerprint density at radius 2 is 1.62 bits per heavy atom. The second kappa shape index (κ2) is 16.1. The van der Waals surface area contributed by atoms with E-state index >= 15 is 0 Å². The first-order chi connectivity index (χ1) is 19.6. The van der Waals surface area contributed by atoms with E-state index < -0.39 is 83.1 Å². The van der Waals surface area contributed by atoms with E-state index in [0.717, 1.165) is 4.57 Å². The van der Waals surface area contributed by atoms with Crippen molar-refractivity contribution in [2.75, 3.05) is 32.8 Å². The fraction of sp³-hybridized carbons (Fsp3) is 0.818. The lowest BCUT2D eigenvalue weighted by molar-refractivity contribution is -0.280. The van der Waals surface area contributed by atoms with Crippen LogP contribution in [0.2, 0.25) is 0 Å². The first-order valence-electron chi connectivity index (χ1n) is 13.3. The topological polar surface area (TPSA) is 260 Å². The summed E-state index contributed by atoms with van der Waals surface area (Å²) in [7, 11) is -10.7. The lowest BCUT2D eigenvalue weighted by Crippen LogP contribution is -2.58. The molecule has 0 aliphatic carbocycles. The zero-order chi connectivity index (χ0) is 31.8. The van der Waals surface area contributed by atoms with Gasteiger partial charge in [-0.2, -0.15) is 4.31 Å². The predicted octanol–water partition coefficient (Wildman–Crippen LogP) is -1.08. The van der Waals surface area contributed by atoms with Crippen LogP contribution in [-0.2, 0) is 32.0 Å². The number of nitrogens with zero attached hydrogens (tertiary/aromatic N) is 2. The molecular weight excluding hydrogens is 608 g/mol. The largest absolute Gasteiger partial charge is 0.483 e. The number of phosphoric ester groups is 2. The highest BCUT2D eigenvalue weighted by Crippen LogP contribution is 2.61. The number of aromatic nitrogens is 2. The molecule has 0 saturated carbocycles. The molecule has 2 saturated heterocycles. The molecule has 1 aromatic rings. The van der Waals surface area contributed by atoms with E-state index in [1.165, 1.54) is 32.8 Å². The summed E-state index contributed by atoms with van der Waals surface area (Å²) in [5.41, 5.74) is -1.00. The average Bonchev–Trinajstić information content (AvgIpc) is 3.39. The van der Waals surface area contributed by atoms with Crippen LogP contribution < -0.4 is 11.2 Å². The number of ether oxygens (including phenoxy) is 2. The van der Waals surface area contributed by atoms with Crippen LogP contribution in [0.25, 0.3) is 0 Å². The third-order valence-electron chi connectivity index (χ3n) is 6.60. The highest BCUT2D eigenvalue weighted by atomic mass is 31.3. The van der Waals surface area contributed by atoms with Gasteiger partial charge in [0.2, 0.25) is 0 Å². The number of aromatic amines is 1. The van der Waals surface area contributed by atoms with Crippen LogP contribution in [0.15, 0.2) is 15.8 Å². The number of nitrogens with one attached hydrogen (secondary N) is 1. The number of aryl methyl sites for hydroxylation is 1. The van der Waals surface area contributed by atoms with Crippen molar-refractivity contribution in [1.29, 1.82) is 0 Å². The average molecular weight is 650 g/mol. The van der Waals surface area contributed by atoms with Crippen molar-refractivity contribution < 1.29 is 62.2 Å². The van der Waals surface area contributed by atoms with Gasteiger partial charge < -0.3 is 44.6 Å². The van der Waals surface area contributed by atoms with Crippen LogP contribution in [0, 0.1) is 6.92 Å². The standard InChI is InChI=1S/C16H26N2O15P2.C6H15N/c1-7-4-18(16(24)17-14(7)23)10-3-2-8(30-10)6-29-34(25,26)33-35(27,28)32-15-13(22)12(21)11(20)9(5-19)31-15;1-4-7(5-2)6-3/h4,8-13,15,19-22H,2-3,5-6H2,1H3,(H,25,26)(H,27,28)(H,17,23,24);4-6H2,1-3H3/t8-,9+,10+,11+,12-,13+,15+;/m0./s1. The second-order valence-corrected chi connectivity index (χ2v) is 12.5. The monoisotopic (exact) mass is 649 g/mol. The number of hydrogen-bond donors (Lipinski definition) is 7. The van der Waals surface area contributed by atoms with E-state index in [1.807, 2.05) is 0 Å². The minimum absolute atomic E-state index is 0.257. The molecule has 0 bridgehead atoms. The van der Waals surface area contributed by atoms with Gasteiger partial charge in [0.25, 0.3) is 5.56 Å². The quantitative estimate of drug-likeness (QED) is 0.133. The summed E-state index contributed by atoms with van der Waals surface area (Å²) in [6, 6.07) is 0. The molecule has 2 aliphatic rings. The highest BCUT2D eigenvalue weighted by molar-refractivity contribution is 7.61. The first-order valence-corrected chi connectivity index (χ1v) is 16.3. The number of aliphatic hydroxyl groups excluding tert-OH is 4. The van der Waals surface area contributed by atoms with Gasteiger partial charge in [-0.15, -0.1) is 0 Å². The summed E-state index contributed by atoms with van der Waals surface area (Å²) in [6.07, 6.45) is -9.14. The summed E-state index contributed by atoms with van der Waals surface area (Å²) in [4.78, 5) is 47.6. The van der Waals surface area contributed by atoms with E-state index in [4.69, 9.17) is 14.6 Å². The summed E-state index contributed by atoms with van der Waals surface area (Å²) in [6.45, 7) is 10.2. The summed E-state index contributed by atoms with van der Waals surface area (Å²) >= 11 is 0. The summed E-state index contributed by atoms with van der Waals surface area (Å²) in [5.74, 6) is 0. The number of rotatable bonds is 12. The van der Waals surface area contributed by atoms with E-state index in [2.05, 4.69) is 44.0 Å². The van der Waals surface area contributed by atoms with Crippen molar-refractivity contribution in [3.05, 3.63) is 32.6 Å².